The number of benzene rings is 1. The Hall–Kier alpha value is -6.98. The lowest BCUT2D eigenvalue weighted by Gasteiger charge is -2.23. The number of nitrogen functional groups attached to an aromatic ring is 1. The van der Waals surface area contributed by atoms with E-state index in [2.05, 4.69) is 36.8 Å². The normalized spacial score (nSPS) is 12.4. The van der Waals surface area contributed by atoms with Crippen molar-refractivity contribution in [3.8, 4) is 18.2 Å². The topological polar surface area (TPSA) is 328 Å². The molecule has 2 heterocycles. The van der Waals surface area contributed by atoms with Crippen molar-refractivity contribution in [2.24, 2.45) is 0 Å². The van der Waals surface area contributed by atoms with Crippen molar-refractivity contribution in [2.45, 2.75) is 63.1 Å². The number of aliphatic carboxylic acids is 4. The average Bonchev–Trinajstić information content (AvgIpc) is 3.50. The van der Waals surface area contributed by atoms with Crippen molar-refractivity contribution >= 4 is 64.3 Å². The van der Waals surface area contributed by atoms with Gasteiger partial charge in [0.2, 0.25) is 23.6 Å². The van der Waals surface area contributed by atoms with Crippen LogP contribution in [0.5, 0.6) is 5.88 Å². The molecular formula is C33H37FN8O12. The van der Waals surface area contributed by atoms with E-state index < -0.39 is 110 Å². The number of amides is 3. The number of carboxylic acids is 4. The number of hydrogen-bond acceptors (Lipinski definition) is 12. The molecule has 0 spiro atoms. The quantitative estimate of drug-likeness (QED) is 0.0630. The SMILES string of the molecule is C#CCN(CCc1c[nH]c2nc(N)nc(O)c12)c1ccc(C(=O)N[C@@H](CCC(=O)N[C@@H](CCC(=O)N[C@@H](CCC(=O)O)C(=O)O)C(=O)O)C(=O)O)c(F)c1. The summed E-state index contributed by atoms with van der Waals surface area (Å²) in [5, 5.41) is 53.9. The number of anilines is 2. The number of fused-ring (bicyclic) bond motifs is 1. The fraction of sp³-hybridized carbons (Fsp3) is 0.364. The minimum atomic E-state index is -1.71. The lowest BCUT2D eigenvalue weighted by atomic mass is 10.1. The molecule has 3 atom stereocenters. The first-order valence-electron chi connectivity index (χ1n) is 16.1. The number of aromatic hydroxyl groups is 1. The van der Waals surface area contributed by atoms with Gasteiger partial charge in [-0.1, -0.05) is 5.92 Å². The van der Waals surface area contributed by atoms with Crippen LogP contribution in [0.1, 0.15) is 54.4 Å². The predicted octanol–water partition coefficient (Wildman–Crippen LogP) is -0.186. The van der Waals surface area contributed by atoms with Crippen LogP contribution in [0, 0.1) is 18.2 Å². The monoisotopic (exact) mass is 756 g/mol. The highest BCUT2D eigenvalue weighted by molar-refractivity contribution is 5.97. The van der Waals surface area contributed by atoms with Gasteiger partial charge in [0.05, 0.1) is 17.5 Å². The van der Waals surface area contributed by atoms with Gasteiger partial charge in [0.15, 0.2) is 0 Å². The number of carbonyl (C=O) groups is 7. The van der Waals surface area contributed by atoms with E-state index in [1.54, 1.807) is 11.1 Å². The van der Waals surface area contributed by atoms with Gasteiger partial charge < -0.3 is 57.1 Å². The molecule has 0 aliphatic carbocycles. The van der Waals surface area contributed by atoms with Gasteiger partial charge in [-0.25, -0.2) is 18.8 Å². The minimum absolute atomic E-state index is 0.0294. The zero-order chi connectivity index (χ0) is 40.1. The molecule has 0 saturated heterocycles. The minimum Gasteiger partial charge on any atom is -0.493 e. The molecule has 1 aromatic carbocycles. The van der Waals surface area contributed by atoms with Gasteiger partial charge >= 0.3 is 23.9 Å². The van der Waals surface area contributed by atoms with Gasteiger partial charge in [-0.3, -0.25) is 19.2 Å². The lowest BCUT2D eigenvalue weighted by molar-refractivity contribution is -0.144. The van der Waals surface area contributed by atoms with Gasteiger partial charge in [-0.2, -0.15) is 9.97 Å². The van der Waals surface area contributed by atoms with Crippen LogP contribution in [0.25, 0.3) is 11.0 Å². The first kappa shape index (κ1) is 41.4. The highest BCUT2D eigenvalue weighted by atomic mass is 19.1. The first-order chi connectivity index (χ1) is 25.5. The van der Waals surface area contributed by atoms with E-state index >= 15 is 4.39 Å². The smallest absolute Gasteiger partial charge is 0.326 e. The molecule has 11 N–H and O–H groups in total. The summed E-state index contributed by atoms with van der Waals surface area (Å²) in [6.07, 6.45) is 4.23. The molecule has 0 aliphatic rings. The van der Waals surface area contributed by atoms with Crippen molar-refractivity contribution in [1.29, 1.82) is 0 Å². The van der Waals surface area contributed by atoms with Crippen molar-refractivity contribution in [1.82, 2.24) is 30.9 Å². The maximum atomic E-state index is 15.3. The molecule has 0 saturated carbocycles. The van der Waals surface area contributed by atoms with Crippen LogP contribution in [0.15, 0.2) is 24.4 Å². The maximum Gasteiger partial charge on any atom is 0.326 e. The molecule has 54 heavy (non-hydrogen) atoms. The third-order valence-corrected chi connectivity index (χ3v) is 7.94. The summed E-state index contributed by atoms with van der Waals surface area (Å²) < 4.78 is 15.3. The Balaban J connectivity index is 1.58. The fourth-order valence-corrected chi connectivity index (χ4v) is 5.20. The number of aromatic nitrogens is 3. The van der Waals surface area contributed by atoms with E-state index in [4.69, 9.17) is 22.4 Å². The summed E-state index contributed by atoms with van der Waals surface area (Å²) >= 11 is 0. The van der Waals surface area contributed by atoms with Gasteiger partial charge in [0.25, 0.3) is 5.91 Å². The standard InChI is InChI=1S/C33H37FN8O12/c1-2-12-42(13-11-16-15-36-27-26(16)29(48)41-33(35)40-27)17-3-4-18(19(34)14-17)28(47)39-22(32(53)54)6-9-24(44)37-20(30(49)50)5-8-23(43)38-21(31(51)52)7-10-25(45)46/h1,3-4,14-15,20-22H,5-13H2,(H,37,44)(H,38,43)(H,39,47)(H,45,46)(H,49,50)(H,51,52)(H,53,54)(H4,35,36,40,41,48)/t20-,21-,22-/m0/s1. The Morgan fingerprint density at radius 1 is 0.870 bits per heavy atom. The van der Waals surface area contributed by atoms with Crippen molar-refractivity contribution < 1.29 is 63.5 Å². The molecular weight excluding hydrogens is 719 g/mol. The summed E-state index contributed by atoms with van der Waals surface area (Å²) in [5.41, 5.74) is 6.26. The number of halogens is 1. The number of nitrogens with one attached hydrogen (secondary N) is 4. The number of aromatic amines is 1. The van der Waals surface area contributed by atoms with E-state index in [0.717, 1.165) is 12.1 Å². The second-order valence-electron chi connectivity index (χ2n) is 11.8. The molecule has 0 bridgehead atoms. The summed E-state index contributed by atoms with van der Waals surface area (Å²) in [6.45, 7) is 0.256. The number of nitrogens with zero attached hydrogens (tertiary/aromatic N) is 3. The zero-order valence-corrected chi connectivity index (χ0v) is 28.4. The van der Waals surface area contributed by atoms with Crippen molar-refractivity contribution in [3.05, 3.63) is 41.3 Å². The Morgan fingerprint density at radius 3 is 1.94 bits per heavy atom. The molecule has 288 valence electrons. The van der Waals surface area contributed by atoms with Gasteiger partial charge in [-0.05, 0) is 49.4 Å². The van der Waals surface area contributed by atoms with E-state index in [1.165, 1.54) is 6.07 Å². The molecule has 0 aliphatic heterocycles. The molecule has 3 rings (SSSR count). The zero-order valence-electron chi connectivity index (χ0n) is 28.4. The number of nitrogens with two attached hydrogens (primary N) is 1. The first-order valence-corrected chi connectivity index (χ1v) is 16.1. The second kappa shape index (κ2) is 19.0. The van der Waals surface area contributed by atoms with Crippen LogP contribution in [-0.2, 0) is 35.2 Å². The van der Waals surface area contributed by atoms with Crippen molar-refractivity contribution in [2.75, 3.05) is 23.7 Å². The largest absolute Gasteiger partial charge is 0.493 e. The summed E-state index contributed by atoms with van der Waals surface area (Å²) in [4.78, 5) is 95.4. The highest BCUT2D eigenvalue weighted by Crippen LogP contribution is 2.27. The molecule has 3 aromatic rings. The van der Waals surface area contributed by atoms with E-state index in [0.29, 0.717) is 23.0 Å². The Bertz CT molecular complexity index is 1960. The lowest BCUT2D eigenvalue weighted by Crippen LogP contribution is -2.45. The van der Waals surface area contributed by atoms with Crippen LogP contribution < -0.4 is 26.6 Å². The Morgan fingerprint density at radius 2 is 1.43 bits per heavy atom. The summed E-state index contributed by atoms with van der Waals surface area (Å²) in [7, 11) is 0. The van der Waals surface area contributed by atoms with Gasteiger partial charge in [0, 0.05) is 37.7 Å². The van der Waals surface area contributed by atoms with Crippen LogP contribution in [-0.4, -0.2) is 113 Å². The molecule has 0 unspecified atom stereocenters. The predicted molar refractivity (Wildman–Crippen MR) is 184 cm³/mol. The molecule has 2 aromatic heterocycles. The number of carbonyl (C=O) groups excluding carboxylic acids is 3. The molecule has 0 radical (unpaired) electrons. The average molecular weight is 757 g/mol. The third-order valence-electron chi connectivity index (χ3n) is 7.94. The third kappa shape index (κ3) is 11.8. The van der Waals surface area contributed by atoms with Gasteiger partial charge in [0.1, 0.15) is 29.6 Å². The number of carboxylic acid groups (broad SMARTS) is 4. The number of H-pyrrole nitrogens is 1. The van der Waals surface area contributed by atoms with Crippen molar-refractivity contribution in [3.63, 3.8) is 0 Å². The van der Waals surface area contributed by atoms with E-state index in [9.17, 15) is 48.9 Å². The number of terminal acetylenes is 1. The molecule has 20 nitrogen and oxygen atoms in total. The number of rotatable bonds is 21. The number of hydrogen-bond donors (Lipinski definition) is 10. The molecule has 3 amide bonds. The second-order valence-corrected chi connectivity index (χ2v) is 11.8. The van der Waals surface area contributed by atoms with Crippen LogP contribution in [0.3, 0.4) is 0 Å². The van der Waals surface area contributed by atoms with E-state index in [1.807, 2.05) is 0 Å². The Kier molecular flexibility index (Phi) is 14.6. The van der Waals surface area contributed by atoms with Crippen LogP contribution in [0.2, 0.25) is 0 Å². The van der Waals surface area contributed by atoms with Crippen LogP contribution >= 0.6 is 0 Å². The highest BCUT2D eigenvalue weighted by Gasteiger charge is 2.27. The Labute approximate surface area is 304 Å². The summed E-state index contributed by atoms with van der Waals surface area (Å²) in [5.74, 6) is -7.94. The van der Waals surface area contributed by atoms with E-state index in [-0.39, 0.29) is 30.6 Å². The fourth-order valence-electron chi connectivity index (χ4n) is 5.20. The molecule has 21 heteroatoms. The summed E-state index contributed by atoms with van der Waals surface area (Å²) in [6, 6.07) is -1.37. The van der Waals surface area contributed by atoms with Crippen LogP contribution in [0.4, 0.5) is 16.0 Å². The molecule has 0 fully saturated rings. The maximum absolute atomic E-state index is 15.3. The van der Waals surface area contributed by atoms with Gasteiger partial charge in [-0.15, -0.1) is 6.42 Å².